The zero-order chi connectivity index (χ0) is 8.43. The van der Waals surface area contributed by atoms with Crippen molar-refractivity contribution in [3.8, 4) is 0 Å². The zero-order valence-electron chi connectivity index (χ0n) is 7.30. The molecule has 0 heterocycles. The Balaban J connectivity index is 2.63. The van der Waals surface area contributed by atoms with Crippen molar-refractivity contribution in [1.82, 2.24) is 0 Å². The topological polar surface area (TPSA) is 23.9 Å². The lowest BCUT2D eigenvalue weighted by atomic mass is 9.88. The molecule has 0 radical (unpaired) electrons. The molecule has 0 aromatic carbocycles. The summed E-state index contributed by atoms with van der Waals surface area (Å²) in [6, 6.07) is 0. The highest BCUT2D eigenvalue weighted by Crippen LogP contribution is 2.37. The summed E-state index contributed by atoms with van der Waals surface area (Å²) in [6.07, 6.45) is 2.55. The van der Waals surface area contributed by atoms with Gasteiger partial charge in [0.25, 0.3) is 0 Å². The van der Waals surface area contributed by atoms with Gasteiger partial charge in [-0.1, -0.05) is 6.92 Å². The number of rotatable bonds is 2. The Labute approximate surface area is 74.5 Å². The molecule has 3 unspecified atom stereocenters. The summed E-state index contributed by atoms with van der Waals surface area (Å²) in [7, 11) is 0. The lowest BCUT2D eigenvalue weighted by Crippen LogP contribution is -2.21. The number of hydrogen-bond donors (Lipinski definition) is 2. The second-order valence-corrected chi connectivity index (χ2v) is 4.07. The Morgan fingerprint density at radius 3 is 2.55 bits per heavy atom. The normalized spacial score (nSPS) is 37.5. The predicted octanol–water partition coefficient (Wildman–Crippen LogP) is 2.62. The van der Waals surface area contributed by atoms with E-state index in [1.165, 1.54) is 12.8 Å². The largest absolute Gasteiger partial charge is 0.310 e. The van der Waals surface area contributed by atoms with Crippen LogP contribution in [-0.2, 0) is 0 Å². The molecule has 0 aromatic rings. The Hall–Kier alpha value is 0.0200. The van der Waals surface area contributed by atoms with Gasteiger partial charge < -0.3 is 5.41 Å². The van der Waals surface area contributed by atoms with Gasteiger partial charge in [-0.05, 0) is 37.4 Å². The molecular weight excluding hydrogens is 154 g/mol. The summed E-state index contributed by atoms with van der Waals surface area (Å²) in [5.41, 5.74) is 0.856. The third-order valence-corrected chi connectivity index (χ3v) is 3.32. The first-order valence-corrected chi connectivity index (χ1v) is 4.96. The monoisotopic (exact) mass is 171 g/mol. The van der Waals surface area contributed by atoms with Crippen molar-refractivity contribution < 1.29 is 0 Å². The van der Waals surface area contributed by atoms with Gasteiger partial charge >= 0.3 is 0 Å². The van der Waals surface area contributed by atoms with E-state index >= 15 is 0 Å². The molecule has 0 amide bonds. The highest BCUT2D eigenvalue weighted by Gasteiger charge is 2.33. The fourth-order valence-corrected chi connectivity index (χ4v) is 2.70. The molecule has 1 aliphatic carbocycles. The molecule has 1 fully saturated rings. The average molecular weight is 171 g/mol. The molecular formula is C9H17NS. The Morgan fingerprint density at radius 1 is 1.55 bits per heavy atom. The minimum absolute atomic E-state index is 0.521. The van der Waals surface area contributed by atoms with Crippen LogP contribution in [-0.4, -0.2) is 11.5 Å². The van der Waals surface area contributed by atoms with E-state index in [1.807, 2.05) is 6.92 Å². The van der Waals surface area contributed by atoms with E-state index in [4.69, 9.17) is 5.41 Å². The van der Waals surface area contributed by atoms with Gasteiger partial charge in [-0.2, -0.15) is 12.6 Å². The highest BCUT2D eigenvalue weighted by atomic mass is 32.1. The lowest BCUT2D eigenvalue weighted by molar-refractivity contribution is 0.457. The Morgan fingerprint density at radius 2 is 2.18 bits per heavy atom. The van der Waals surface area contributed by atoms with Crippen LogP contribution in [0.4, 0.5) is 0 Å². The Kier molecular flexibility index (Phi) is 2.99. The van der Waals surface area contributed by atoms with E-state index in [-0.39, 0.29) is 0 Å². The summed E-state index contributed by atoms with van der Waals surface area (Å²) < 4.78 is 0. The van der Waals surface area contributed by atoms with Gasteiger partial charge in [0.1, 0.15) is 0 Å². The van der Waals surface area contributed by atoms with Crippen LogP contribution in [0.5, 0.6) is 0 Å². The van der Waals surface area contributed by atoms with Crippen molar-refractivity contribution in [2.24, 2.45) is 17.8 Å². The maximum absolute atomic E-state index is 7.62. The maximum Gasteiger partial charge on any atom is 0.00948 e. The van der Waals surface area contributed by atoms with Crippen LogP contribution in [0.2, 0.25) is 0 Å². The predicted molar refractivity (Wildman–Crippen MR) is 52.6 cm³/mol. The van der Waals surface area contributed by atoms with Gasteiger partial charge in [-0.25, -0.2) is 0 Å². The summed E-state index contributed by atoms with van der Waals surface area (Å²) in [5, 5.41) is 7.62. The zero-order valence-corrected chi connectivity index (χ0v) is 8.20. The molecule has 1 aliphatic rings. The Bertz CT molecular complexity index is 156. The van der Waals surface area contributed by atoms with Crippen molar-refractivity contribution in [3.63, 3.8) is 0 Å². The van der Waals surface area contributed by atoms with Crippen molar-refractivity contribution in [2.75, 3.05) is 5.75 Å². The van der Waals surface area contributed by atoms with Gasteiger partial charge in [0, 0.05) is 11.6 Å². The maximum atomic E-state index is 7.62. The van der Waals surface area contributed by atoms with E-state index in [9.17, 15) is 0 Å². The summed E-state index contributed by atoms with van der Waals surface area (Å²) in [6.45, 7) is 4.19. The van der Waals surface area contributed by atoms with Crippen molar-refractivity contribution >= 4 is 18.3 Å². The van der Waals surface area contributed by atoms with Crippen LogP contribution in [0, 0.1) is 23.2 Å². The minimum Gasteiger partial charge on any atom is -0.310 e. The van der Waals surface area contributed by atoms with Gasteiger partial charge in [0.2, 0.25) is 0 Å². The van der Waals surface area contributed by atoms with Crippen LogP contribution < -0.4 is 0 Å². The van der Waals surface area contributed by atoms with Gasteiger partial charge in [0.15, 0.2) is 0 Å². The fourth-order valence-electron chi connectivity index (χ4n) is 2.29. The standard InChI is InChI=1S/C9H17NS/c1-6-3-4-8(5-11)9(6)7(2)10/h6,8-11H,3-5H2,1-2H3. The van der Waals surface area contributed by atoms with Gasteiger partial charge in [-0.3, -0.25) is 0 Å². The van der Waals surface area contributed by atoms with Crippen molar-refractivity contribution in [1.29, 1.82) is 5.41 Å². The highest BCUT2D eigenvalue weighted by molar-refractivity contribution is 7.80. The lowest BCUT2D eigenvalue weighted by Gasteiger charge is -2.19. The smallest absolute Gasteiger partial charge is 0.00948 e. The van der Waals surface area contributed by atoms with Gasteiger partial charge in [0.05, 0.1) is 0 Å². The first-order chi connectivity index (χ1) is 5.16. The summed E-state index contributed by atoms with van der Waals surface area (Å²) in [4.78, 5) is 0. The molecule has 0 saturated heterocycles. The second-order valence-electron chi connectivity index (χ2n) is 3.71. The molecule has 0 aromatic heterocycles. The van der Waals surface area contributed by atoms with E-state index in [1.54, 1.807) is 0 Å². The quantitative estimate of drug-likeness (QED) is 0.471. The van der Waals surface area contributed by atoms with Gasteiger partial charge in [-0.15, -0.1) is 0 Å². The molecule has 11 heavy (non-hydrogen) atoms. The SMILES string of the molecule is CC(=N)C1C(C)CCC1CS. The van der Waals surface area contributed by atoms with E-state index in [2.05, 4.69) is 19.6 Å². The molecule has 0 bridgehead atoms. The second kappa shape index (κ2) is 3.61. The number of thiol groups is 1. The first kappa shape index (κ1) is 9.11. The molecule has 3 atom stereocenters. The fraction of sp³-hybridized carbons (Fsp3) is 0.889. The van der Waals surface area contributed by atoms with Crippen LogP contribution in [0.25, 0.3) is 0 Å². The molecule has 1 saturated carbocycles. The first-order valence-electron chi connectivity index (χ1n) is 4.32. The molecule has 1 rings (SSSR count). The van der Waals surface area contributed by atoms with Crippen molar-refractivity contribution in [3.05, 3.63) is 0 Å². The third kappa shape index (κ3) is 1.78. The number of hydrogen-bond acceptors (Lipinski definition) is 2. The van der Waals surface area contributed by atoms with E-state index < -0.39 is 0 Å². The van der Waals surface area contributed by atoms with Crippen molar-refractivity contribution in [2.45, 2.75) is 26.7 Å². The molecule has 0 aliphatic heterocycles. The summed E-state index contributed by atoms with van der Waals surface area (Å²) >= 11 is 4.31. The third-order valence-electron chi connectivity index (χ3n) is 2.85. The van der Waals surface area contributed by atoms with Crippen LogP contribution in [0.3, 0.4) is 0 Å². The summed E-state index contributed by atoms with van der Waals surface area (Å²) in [5.74, 6) is 2.86. The molecule has 64 valence electrons. The van der Waals surface area contributed by atoms with E-state index in [0.717, 1.165) is 11.5 Å². The number of nitrogens with one attached hydrogen (secondary N) is 1. The minimum atomic E-state index is 0.521. The van der Waals surface area contributed by atoms with Crippen LogP contribution >= 0.6 is 12.6 Å². The molecule has 1 nitrogen and oxygen atoms in total. The average Bonchev–Trinajstić information content (AvgIpc) is 2.30. The van der Waals surface area contributed by atoms with Crippen LogP contribution in [0.15, 0.2) is 0 Å². The van der Waals surface area contributed by atoms with Crippen LogP contribution in [0.1, 0.15) is 26.7 Å². The van der Waals surface area contributed by atoms with E-state index in [0.29, 0.717) is 17.8 Å². The molecule has 2 heteroatoms. The molecule has 0 spiro atoms. The molecule has 1 N–H and O–H groups in total.